The molecular weight excluding hydrogens is 340 g/mol. The van der Waals surface area contributed by atoms with Gasteiger partial charge in [-0.3, -0.25) is 14.5 Å². The Labute approximate surface area is 149 Å². The van der Waals surface area contributed by atoms with Crippen molar-refractivity contribution in [1.29, 1.82) is 0 Å². The van der Waals surface area contributed by atoms with Crippen molar-refractivity contribution in [2.45, 2.75) is 0 Å². The second kappa shape index (κ2) is 6.93. The van der Waals surface area contributed by atoms with E-state index in [0.29, 0.717) is 19.6 Å². The van der Waals surface area contributed by atoms with Gasteiger partial charge in [0.25, 0.3) is 0 Å². The zero-order chi connectivity index (χ0) is 17.2. The molecule has 2 saturated heterocycles. The number of hydrogen-bond acceptors (Lipinski definition) is 7. The molecule has 2 fully saturated rings. The summed E-state index contributed by atoms with van der Waals surface area (Å²) in [5, 5.41) is 5.87. The van der Waals surface area contributed by atoms with Crippen molar-refractivity contribution >= 4 is 39.2 Å². The molecular formula is C16H20N6O2S. The Morgan fingerprint density at radius 1 is 1.20 bits per heavy atom. The number of carbonyl (C=O) groups is 2. The van der Waals surface area contributed by atoms with Crippen LogP contribution in [-0.2, 0) is 9.59 Å². The van der Waals surface area contributed by atoms with Gasteiger partial charge in [0.05, 0.1) is 18.5 Å². The van der Waals surface area contributed by atoms with Gasteiger partial charge in [0.2, 0.25) is 11.8 Å². The van der Waals surface area contributed by atoms with Gasteiger partial charge in [0.15, 0.2) is 0 Å². The minimum absolute atomic E-state index is 0.0329. The first kappa shape index (κ1) is 16.2. The molecule has 8 nitrogen and oxygen atoms in total. The van der Waals surface area contributed by atoms with Crippen molar-refractivity contribution in [3.63, 3.8) is 0 Å². The van der Waals surface area contributed by atoms with Crippen LogP contribution >= 0.6 is 11.3 Å². The summed E-state index contributed by atoms with van der Waals surface area (Å²) in [6.07, 6.45) is 1.62. The highest BCUT2D eigenvalue weighted by Gasteiger charge is 2.25. The molecule has 1 N–H and O–H groups in total. The third-order valence-electron chi connectivity index (χ3n) is 4.66. The smallest absolute Gasteiger partial charge is 0.239 e. The van der Waals surface area contributed by atoms with Crippen LogP contribution in [0.4, 0.5) is 5.82 Å². The summed E-state index contributed by atoms with van der Waals surface area (Å²) in [4.78, 5) is 39.6. The van der Waals surface area contributed by atoms with E-state index in [9.17, 15) is 9.59 Å². The SMILES string of the molecule is O=C1CN(C(=O)CN2CCN(c3ncnc4sccc34)CC2)CCN1. The first-order chi connectivity index (χ1) is 12.2. The molecule has 2 aromatic heterocycles. The molecule has 0 radical (unpaired) electrons. The number of aromatic nitrogens is 2. The van der Waals surface area contributed by atoms with Crippen LogP contribution in [0, 0.1) is 0 Å². The zero-order valence-corrected chi connectivity index (χ0v) is 14.7. The van der Waals surface area contributed by atoms with Crippen molar-refractivity contribution in [3.8, 4) is 0 Å². The third-order valence-corrected chi connectivity index (χ3v) is 5.48. The van der Waals surface area contributed by atoms with Gasteiger partial charge in [-0.05, 0) is 11.4 Å². The summed E-state index contributed by atoms with van der Waals surface area (Å²) in [6.45, 7) is 4.97. The molecule has 4 rings (SSSR count). The van der Waals surface area contributed by atoms with E-state index < -0.39 is 0 Å². The number of anilines is 1. The van der Waals surface area contributed by atoms with Crippen LogP contribution < -0.4 is 10.2 Å². The quantitative estimate of drug-likeness (QED) is 0.814. The molecule has 0 spiro atoms. The van der Waals surface area contributed by atoms with Gasteiger partial charge in [-0.25, -0.2) is 9.97 Å². The fourth-order valence-corrected chi connectivity index (χ4v) is 4.02. The number of fused-ring (bicyclic) bond motifs is 1. The first-order valence-electron chi connectivity index (χ1n) is 8.41. The highest BCUT2D eigenvalue weighted by molar-refractivity contribution is 7.16. The van der Waals surface area contributed by atoms with Crippen LogP contribution in [0.5, 0.6) is 0 Å². The zero-order valence-electron chi connectivity index (χ0n) is 13.8. The Balaban J connectivity index is 1.34. The highest BCUT2D eigenvalue weighted by Crippen LogP contribution is 2.27. The van der Waals surface area contributed by atoms with Gasteiger partial charge in [0, 0.05) is 39.3 Å². The maximum atomic E-state index is 12.4. The predicted octanol–water partition coefficient (Wildman–Crippen LogP) is -0.228. The largest absolute Gasteiger partial charge is 0.353 e. The van der Waals surface area contributed by atoms with E-state index in [2.05, 4.69) is 31.2 Å². The lowest BCUT2D eigenvalue weighted by Gasteiger charge is -2.36. The van der Waals surface area contributed by atoms with Crippen LogP contribution in [0.15, 0.2) is 17.8 Å². The van der Waals surface area contributed by atoms with Crippen molar-refractivity contribution in [2.24, 2.45) is 0 Å². The van der Waals surface area contributed by atoms with Crippen LogP contribution in [0.1, 0.15) is 0 Å². The highest BCUT2D eigenvalue weighted by atomic mass is 32.1. The van der Waals surface area contributed by atoms with E-state index in [0.717, 1.165) is 42.2 Å². The number of nitrogens with zero attached hydrogens (tertiary/aromatic N) is 5. The number of nitrogens with one attached hydrogen (secondary N) is 1. The lowest BCUT2D eigenvalue weighted by atomic mass is 10.2. The fraction of sp³-hybridized carbons (Fsp3) is 0.500. The van der Waals surface area contributed by atoms with E-state index >= 15 is 0 Å². The first-order valence-corrected chi connectivity index (χ1v) is 9.28. The van der Waals surface area contributed by atoms with Gasteiger partial charge >= 0.3 is 0 Å². The molecule has 2 amide bonds. The Morgan fingerprint density at radius 2 is 2.04 bits per heavy atom. The van der Waals surface area contributed by atoms with E-state index in [4.69, 9.17) is 0 Å². The standard InChI is InChI=1S/C16H20N6O2S/c23-13-9-22(3-2-17-13)14(24)10-20-4-6-21(7-5-20)15-12-1-8-25-16(12)19-11-18-15/h1,8,11H,2-7,9-10H2,(H,17,23). The van der Waals surface area contributed by atoms with Crippen LogP contribution in [-0.4, -0.2) is 83.9 Å². The maximum absolute atomic E-state index is 12.4. The van der Waals surface area contributed by atoms with Crippen molar-refractivity contribution in [2.75, 3.05) is 57.3 Å². The molecule has 0 unspecified atom stereocenters. The van der Waals surface area contributed by atoms with Crippen LogP contribution in [0.3, 0.4) is 0 Å². The van der Waals surface area contributed by atoms with Crippen molar-refractivity contribution in [3.05, 3.63) is 17.8 Å². The number of piperazine rings is 2. The molecule has 2 aromatic rings. The molecule has 0 aromatic carbocycles. The van der Waals surface area contributed by atoms with Gasteiger partial charge in [-0.2, -0.15) is 0 Å². The number of thiophene rings is 1. The molecule has 2 aliphatic heterocycles. The van der Waals surface area contributed by atoms with Crippen LogP contribution in [0.2, 0.25) is 0 Å². The van der Waals surface area contributed by atoms with Crippen molar-refractivity contribution < 1.29 is 9.59 Å². The minimum atomic E-state index is -0.0760. The number of hydrogen-bond donors (Lipinski definition) is 1. The van der Waals surface area contributed by atoms with E-state index in [1.54, 1.807) is 22.6 Å². The summed E-state index contributed by atoms with van der Waals surface area (Å²) >= 11 is 1.62. The second-order valence-electron chi connectivity index (χ2n) is 6.27. The number of amides is 2. The monoisotopic (exact) mass is 360 g/mol. The second-order valence-corrected chi connectivity index (χ2v) is 7.16. The maximum Gasteiger partial charge on any atom is 0.239 e. The molecule has 0 aliphatic carbocycles. The van der Waals surface area contributed by atoms with E-state index in [1.807, 2.05) is 5.38 Å². The summed E-state index contributed by atoms with van der Waals surface area (Å²) < 4.78 is 0. The lowest BCUT2D eigenvalue weighted by molar-refractivity contribution is -0.139. The molecule has 0 bridgehead atoms. The van der Waals surface area contributed by atoms with Gasteiger partial charge in [0.1, 0.15) is 17.0 Å². The summed E-state index contributed by atoms with van der Waals surface area (Å²) in [5.41, 5.74) is 0. The van der Waals surface area contributed by atoms with Crippen molar-refractivity contribution in [1.82, 2.24) is 25.1 Å². The Hall–Kier alpha value is -2.26. The lowest BCUT2D eigenvalue weighted by Crippen LogP contribution is -2.54. The molecule has 25 heavy (non-hydrogen) atoms. The summed E-state index contributed by atoms with van der Waals surface area (Å²) in [5.74, 6) is 0.934. The molecule has 132 valence electrons. The normalized spacial score (nSPS) is 19.3. The Kier molecular flexibility index (Phi) is 4.50. The Morgan fingerprint density at radius 3 is 2.84 bits per heavy atom. The molecule has 9 heteroatoms. The fourth-order valence-electron chi connectivity index (χ4n) is 3.29. The topological polar surface area (TPSA) is 81.7 Å². The van der Waals surface area contributed by atoms with E-state index in [1.165, 1.54) is 0 Å². The van der Waals surface area contributed by atoms with Gasteiger partial charge in [-0.1, -0.05) is 0 Å². The molecule has 2 aliphatic rings. The van der Waals surface area contributed by atoms with Gasteiger partial charge < -0.3 is 15.1 Å². The average Bonchev–Trinajstić information content (AvgIpc) is 3.11. The third kappa shape index (κ3) is 3.42. The number of rotatable bonds is 3. The number of carbonyl (C=O) groups excluding carboxylic acids is 2. The summed E-state index contributed by atoms with van der Waals surface area (Å²) in [6, 6.07) is 2.06. The van der Waals surface area contributed by atoms with E-state index in [-0.39, 0.29) is 18.4 Å². The predicted molar refractivity (Wildman–Crippen MR) is 95.7 cm³/mol. The molecule has 0 atom stereocenters. The van der Waals surface area contributed by atoms with Gasteiger partial charge in [-0.15, -0.1) is 11.3 Å². The average molecular weight is 360 g/mol. The minimum Gasteiger partial charge on any atom is -0.353 e. The Bertz CT molecular complexity index is 786. The molecule has 4 heterocycles. The van der Waals surface area contributed by atoms with Crippen LogP contribution in [0.25, 0.3) is 10.2 Å². The summed E-state index contributed by atoms with van der Waals surface area (Å²) in [7, 11) is 0. The molecule has 0 saturated carbocycles.